The van der Waals surface area contributed by atoms with Crippen LogP contribution in [0.1, 0.15) is 23.8 Å². The van der Waals surface area contributed by atoms with Crippen molar-refractivity contribution in [2.75, 3.05) is 19.7 Å². The van der Waals surface area contributed by atoms with Crippen molar-refractivity contribution in [3.05, 3.63) is 22.4 Å². The molecule has 2 rings (SSSR count). The predicted molar refractivity (Wildman–Crippen MR) is 62.9 cm³/mol. The van der Waals surface area contributed by atoms with E-state index in [4.69, 9.17) is 5.73 Å². The van der Waals surface area contributed by atoms with E-state index < -0.39 is 0 Å². The number of hydrogen-bond acceptors (Lipinski definition) is 4. The van der Waals surface area contributed by atoms with Gasteiger partial charge in [-0.2, -0.15) is 0 Å². The van der Waals surface area contributed by atoms with E-state index in [1.54, 1.807) is 11.3 Å². The summed E-state index contributed by atoms with van der Waals surface area (Å²) in [6.07, 6.45) is 2.27. The van der Waals surface area contributed by atoms with E-state index in [2.05, 4.69) is 22.4 Å². The van der Waals surface area contributed by atoms with Gasteiger partial charge in [0.2, 0.25) is 0 Å². The third-order valence-electron chi connectivity index (χ3n) is 3.13. The molecule has 0 spiro atoms. The normalized spacial score (nSPS) is 24.5. The van der Waals surface area contributed by atoms with Crippen molar-refractivity contribution in [1.29, 1.82) is 0 Å². The second kappa shape index (κ2) is 5.07. The number of nitrogens with two attached hydrogens (primary N) is 1. The topological polar surface area (TPSA) is 49.5 Å². The lowest BCUT2D eigenvalue weighted by Gasteiger charge is -2.30. The molecule has 1 aromatic rings. The summed E-state index contributed by atoms with van der Waals surface area (Å²) in [7, 11) is 0. The van der Waals surface area contributed by atoms with Crippen molar-refractivity contribution in [3.8, 4) is 0 Å². The Bertz CT molecular complexity index is 289. The van der Waals surface area contributed by atoms with E-state index >= 15 is 0 Å². The van der Waals surface area contributed by atoms with Crippen LogP contribution in [0.15, 0.2) is 17.5 Å². The van der Waals surface area contributed by atoms with Gasteiger partial charge in [-0.05, 0) is 30.8 Å². The van der Waals surface area contributed by atoms with Gasteiger partial charge in [-0.1, -0.05) is 6.07 Å². The van der Waals surface area contributed by atoms with Crippen molar-refractivity contribution < 1.29 is 5.11 Å². The van der Waals surface area contributed by atoms with E-state index in [-0.39, 0.29) is 6.61 Å². The molecule has 2 atom stereocenters. The molecule has 0 bridgehead atoms. The molecular weight excluding hydrogens is 208 g/mol. The molecular formula is C11H18N2OS. The molecule has 0 amide bonds. The highest BCUT2D eigenvalue weighted by Crippen LogP contribution is 2.30. The SMILES string of the molecule is NCC(c1cccs1)N1CCCC1CO. The fourth-order valence-electron chi connectivity index (χ4n) is 2.36. The molecule has 0 aromatic carbocycles. The van der Waals surface area contributed by atoms with Gasteiger partial charge in [0, 0.05) is 17.5 Å². The fourth-order valence-corrected chi connectivity index (χ4v) is 3.22. The van der Waals surface area contributed by atoms with Gasteiger partial charge in [0.05, 0.1) is 12.6 Å². The van der Waals surface area contributed by atoms with Crippen molar-refractivity contribution in [3.63, 3.8) is 0 Å². The highest BCUT2D eigenvalue weighted by Gasteiger charge is 2.30. The van der Waals surface area contributed by atoms with Crippen LogP contribution in [0.25, 0.3) is 0 Å². The molecule has 1 aliphatic rings. The summed E-state index contributed by atoms with van der Waals surface area (Å²) in [5.41, 5.74) is 5.84. The molecule has 1 saturated heterocycles. The molecule has 2 unspecified atom stereocenters. The van der Waals surface area contributed by atoms with Crippen LogP contribution < -0.4 is 5.73 Å². The van der Waals surface area contributed by atoms with Gasteiger partial charge < -0.3 is 10.8 Å². The lowest BCUT2D eigenvalue weighted by Crippen LogP contribution is -2.38. The molecule has 15 heavy (non-hydrogen) atoms. The Morgan fingerprint density at radius 1 is 1.67 bits per heavy atom. The molecule has 1 aliphatic heterocycles. The second-order valence-corrected chi connectivity index (χ2v) is 4.96. The minimum atomic E-state index is 0.252. The first kappa shape index (κ1) is 11.1. The first-order chi connectivity index (χ1) is 7.36. The minimum Gasteiger partial charge on any atom is -0.395 e. The van der Waals surface area contributed by atoms with Gasteiger partial charge in [-0.25, -0.2) is 0 Å². The molecule has 0 saturated carbocycles. The predicted octanol–water partition coefficient (Wildman–Crippen LogP) is 1.20. The third-order valence-corrected chi connectivity index (χ3v) is 4.10. The number of aliphatic hydroxyl groups excluding tert-OH is 1. The molecule has 4 heteroatoms. The molecule has 1 aromatic heterocycles. The molecule has 0 radical (unpaired) electrons. The largest absolute Gasteiger partial charge is 0.395 e. The quantitative estimate of drug-likeness (QED) is 0.811. The van der Waals surface area contributed by atoms with Crippen molar-refractivity contribution in [2.45, 2.75) is 24.9 Å². The maximum absolute atomic E-state index is 9.30. The average molecular weight is 226 g/mol. The Balaban J connectivity index is 2.12. The molecule has 84 valence electrons. The summed E-state index contributed by atoms with van der Waals surface area (Å²) in [6, 6.07) is 4.80. The van der Waals surface area contributed by atoms with Gasteiger partial charge in [0.1, 0.15) is 0 Å². The number of hydrogen-bond donors (Lipinski definition) is 2. The molecule has 0 aliphatic carbocycles. The standard InChI is InChI=1S/C11H18N2OS/c12-7-10(11-4-2-6-15-11)13-5-1-3-9(13)8-14/h2,4,6,9-10,14H,1,3,5,7-8,12H2. The summed E-state index contributed by atoms with van der Waals surface area (Å²) in [5.74, 6) is 0. The lowest BCUT2D eigenvalue weighted by molar-refractivity contribution is 0.123. The Morgan fingerprint density at radius 2 is 2.53 bits per heavy atom. The average Bonchev–Trinajstić information content (AvgIpc) is 2.89. The Labute approximate surface area is 94.5 Å². The summed E-state index contributed by atoms with van der Waals surface area (Å²) in [5, 5.41) is 11.4. The monoisotopic (exact) mass is 226 g/mol. The van der Waals surface area contributed by atoms with Crippen molar-refractivity contribution >= 4 is 11.3 Å². The first-order valence-corrected chi connectivity index (χ1v) is 6.35. The van der Waals surface area contributed by atoms with Crippen LogP contribution in [0.2, 0.25) is 0 Å². The molecule has 2 heterocycles. The number of thiophene rings is 1. The molecule has 1 fully saturated rings. The van der Waals surface area contributed by atoms with Crippen LogP contribution in [0.3, 0.4) is 0 Å². The van der Waals surface area contributed by atoms with E-state index in [0.717, 1.165) is 13.0 Å². The van der Waals surface area contributed by atoms with Crippen LogP contribution >= 0.6 is 11.3 Å². The lowest BCUT2D eigenvalue weighted by atomic mass is 10.1. The highest BCUT2D eigenvalue weighted by molar-refractivity contribution is 7.10. The summed E-state index contributed by atoms with van der Waals surface area (Å²) < 4.78 is 0. The smallest absolute Gasteiger partial charge is 0.0587 e. The number of nitrogens with zero attached hydrogens (tertiary/aromatic N) is 1. The van der Waals surface area contributed by atoms with Crippen molar-refractivity contribution in [2.24, 2.45) is 5.73 Å². The van der Waals surface area contributed by atoms with Gasteiger partial charge in [0.25, 0.3) is 0 Å². The fraction of sp³-hybridized carbons (Fsp3) is 0.636. The zero-order chi connectivity index (χ0) is 10.7. The van der Waals surface area contributed by atoms with E-state index in [0.29, 0.717) is 18.6 Å². The van der Waals surface area contributed by atoms with E-state index in [1.165, 1.54) is 11.3 Å². The maximum atomic E-state index is 9.30. The van der Waals surface area contributed by atoms with Crippen LogP contribution in [-0.4, -0.2) is 35.7 Å². The summed E-state index contributed by atoms with van der Waals surface area (Å²) in [4.78, 5) is 3.67. The van der Waals surface area contributed by atoms with E-state index in [1.807, 2.05) is 0 Å². The Kier molecular flexibility index (Phi) is 3.75. The zero-order valence-corrected chi connectivity index (χ0v) is 9.62. The number of aliphatic hydroxyl groups is 1. The Hall–Kier alpha value is -0.420. The zero-order valence-electron chi connectivity index (χ0n) is 8.80. The Morgan fingerprint density at radius 3 is 3.13 bits per heavy atom. The molecule has 3 N–H and O–H groups in total. The van der Waals surface area contributed by atoms with Gasteiger partial charge >= 0.3 is 0 Å². The van der Waals surface area contributed by atoms with E-state index in [9.17, 15) is 5.11 Å². The molecule has 3 nitrogen and oxygen atoms in total. The van der Waals surface area contributed by atoms with Crippen LogP contribution in [0.5, 0.6) is 0 Å². The van der Waals surface area contributed by atoms with Crippen LogP contribution in [0, 0.1) is 0 Å². The minimum absolute atomic E-state index is 0.252. The summed E-state index contributed by atoms with van der Waals surface area (Å²) >= 11 is 1.75. The number of rotatable bonds is 4. The third kappa shape index (κ3) is 2.23. The van der Waals surface area contributed by atoms with Gasteiger partial charge in [-0.15, -0.1) is 11.3 Å². The second-order valence-electron chi connectivity index (χ2n) is 3.98. The highest BCUT2D eigenvalue weighted by atomic mass is 32.1. The maximum Gasteiger partial charge on any atom is 0.0587 e. The van der Waals surface area contributed by atoms with Gasteiger partial charge in [-0.3, -0.25) is 4.90 Å². The van der Waals surface area contributed by atoms with Crippen LogP contribution in [0.4, 0.5) is 0 Å². The van der Waals surface area contributed by atoms with Crippen LogP contribution in [-0.2, 0) is 0 Å². The summed E-state index contributed by atoms with van der Waals surface area (Å²) in [6.45, 7) is 1.95. The van der Waals surface area contributed by atoms with Crippen molar-refractivity contribution in [1.82, 2.24) is 4.90 Å². The van der Waals surface area contributed by atoms with Gasteiger partial charge in [0.15, 0.2) is 0 Å². The first-order valence-electron chi connectivity index (χ1n) is 5.47. The number of likely N-dealkylation sites (tertiary alicyclic amines) is 1.